The monoisotopic (exact) mass is 414 g/mol. The summed E-state index contributed by atoms with van der Waals surface area (Å²) in [4.78, 5) is 37.2. The minimum absolute atomic E-state index is 0.126. The minimum Gasteiger partial charge on any atom is -0.338 e. The molecule has 0 aliphatic carbocycles. The molecule has 1 aliphatic heterocycles. The van der Waals surface area contributed by atoms with Crippen LogP contribution in [0, 0.1) is 5.82 Å². The highest BCUT2D eigenvalue weighted by Gasteiger charge is 2.32. The van der Waals surface area contributed by atoms with E-state index in [1.54, 1.807) is 13.1 Å². The largest absolute Gasteiger partial charge is 0.338 e. The summed E-state index contributed by atoms with van der Waals surface area (Å²) in [5, 5.41) is 0.680. The number of benzene rings is 1. The van der Waals surface area contributed by atoms with Crippen LogP contribution in [-0.4, -0.2) is 32.9 Å². The summed E-state index contributed by atoms with van der Waals surface area (Å²) in [6.07, 6.45) is 3.21. The molecule has 0 radical (unpaired) electrons. The van der Waals surface area contributed by atoms with Gasteiger partial charge in [0.05, 0.1) is 6.04 Å². The first kappa shape index (κ1) is 19.7. The van der Waals surface area contributed by atoms with Crippen LogP contribution in [-0.2, 0) is 24.7 Å². The van der Waals surface area contributed by atoms with Crippen molar-refractivity contribution < 1.29 is 9.18 Å². The smallest absolute Gasteiger partial charge is 0.280 e. The van der Waals surface area contributed by atoms with Crippen LogP contribution >= 0.6 is 11.3 Å². The normalized spacial score (nSPS) is 16.7. The fraction of sp³-hybridized carbons (Fsp3) is 0.429. The van der Waals surface area contributed by atoms with Crippen LogP contribution < -0.4 is 10.5 Å². The average Bonchev–Trinajstić information content (AvgIpc) is 3.36. The van der Waals surface area contributed by atoms with Gasteiger partial charge in [0.1, 0.15) is 11.6 Å². The van der Waals surface area contributed by atoms with E-state index in [4.69, 9.17) is 0 Å². The van der Waals surface area contributed by atoms with Crippen LogP contribution in [0.3, 0.4) is 0 Å². The molecule has 1 aromatic carbocycles. The number of hydrogen-bond donors (Lipinski definition) is 0. The van der Waals surface area contributed by atoms with Gasteiger partial charge >= 0.3 is 0 Å². The standard InChI is InChI=1S/C21H23FN4O2S/c1-3-17-23-19-18(20(28)25(17)2)24-21(29-19)26-11-5-8-15(26)16(27)10-9-13-6-4-7-14(22)12-13/h4,6-7,12,15H,3,5,8-11H2,1-2H3/t15-/m1/s1. The van der Waals surface area contributed by atoms with Gasteiger partial charge in [-0.15, -0.1) is 0 Å². The third kappa shape index (κ3) is 3.81. The van der Waals surface area contributed by atoms with Gasteiger partial charge in [0.25, 0.3) is 5.56 Å². The van der Waals surface area contributed by atoms with Gasteiger partial charge in [0, 0.05) is 26.4 Å². The summed E-state index contributed by atoms with van der Waals surface area (Å²) in [5.41, 5.74) is 1.03. The fourth-order valence-electron chi connectivity index (χ4n) is 3.88. The molecule has 0 amide bonds. The zero-order valence-corrected chi connectivity index (χ0v) is 17.3. The summed E-state index contributed by atoms with van der Waals surface area (Å²) in [5.74, 6) is 0.565. The lowest BCUT2D eigenvalue weighted by molar-refractivity contribution is -0.120. The van der Waals surface area contributed by atoms with Crippen LogP contribution in [0.4, 0.5) is 9.52 Å². The number of fused-ring (bicyclic) bond motifs is 1. The molecule has 8 heteroatoms. The lowest BCUT2D eigenvalue weighted by Crippen LogP contribution is -2.36. The Morgan fingerprint density at radius 3 is 2.93 bits per heavy atom. The number of carbonyl (C=O) groups is 1. The van der Waals surface area contributed by atoms with E-state index in [2.05, 4.69) is 9.97 Å². The second kappa shape index (κ2) is 8.02. The van der Waals surface area contributed by atoms with Crippen LogP contribution in [0.2, 0.25) is 0 Å². The Bertz CT molecular complexity index is 1120. The summed E-state index contributed by atoms with van der Waals surface area (Å²) in [7, 11) is 1.71. The number of Topliss-reactive ketones (excluding diaryl/α,β-unsaturated/α-hetero) is 1. The van der Waals surface area contributed by atoms with Gasteiger partial charge in [0.2, 0.25) is 0 Å². The molecule has 0 bridgehead atoms. The summed E-state index contributed by atoms with van der Waals surface area (Å²) < 4.78 is 14.9. The van der Waals surface area contributed by atoms with Crippen molar-refractivity contribution in [1.82, 2.24) is 14.5 Å². The number of halogens is 1. The fourth-order valence-corrected chi connectivity index (χ4v) is 4.91. The molecule has 0 N–H and O–H groups in total. The predicted molar refractivity (Wildman–Crippen MR) is 112 cm³/mol. The van der Waals surface area contributed by atoms with E-state index in [9.17, 15) is 14.0 Å². The number of hydrogen-bond acceptors (Lipinski definition) is 6. The van der Waals surface area contributed by atoms with E-state index in [-0.39, 0.29) is 23.2 Å². The molecule has 0 saturated carbocycles. The number of nitrogens with zero attached hydrogens (tertiary/aromatic N) is 4. The van der Waals surface area contributed by atoms with Gasteiger partial charge in [-0.3, -0.25) is 14.2 Å². The van der Waals surface area contributed by atoms with Crippen LogP contribution in [0.15, 0.2) is 29.1 Å². The molecule has 1 atom stereocenters. The zero-order valence-electron chi connectivity index (χ0n) is 16.5. The first-order valence-corrected chi connectivity index (χ1v) is 10.7. The number of anilines is 1. The summed E-state index contributed by atoms with van der Waals surface area (Å²) >= 11 is 1.37. The maximum Gasteiger partial charge on any atom is 0.280 e. The van der Waals surface area contributed by atoms with Crippen molar-refractivity contribution in [1.29, 1.82) is 0 Å². The molecule has 0 spiro atoms. The van der Waals surface area contributed by atoms with Crippen LogP contribution in [0.1, 0.15) is 37.6 Å². The molecular weight excluding hydrogens is 391 g/mol. The Labute approximate surface area is 172 Å². The molecule has 152 valence electrons. The van der Waals surface area contributed by atoms with Crippen molar-refractivity contribution >= 4 is 32.6 Å². The third-order valence-corrected chi connectivity index (χ3v) is 6.44. The molecule has 1 fully saturated rings. The molecule has 3 heterocycles. The Hall–Kier alpha value is -2.61. The second-order valence-electron chi connectivity index (χ2n) is 7.34. The van der Waals surface area contributed by atoms with Crippen molar-refractivity contribution in [2.24, 2.45) is 7.05 Å². The number of aromatic nitrogens is 3. The van der Waals surface area contributed by atoms with Gasteiger partial charge in [-0.05, 0) is 37.0 Å². The maximum atomic E-state index is 13.4. The Morgan fingerprint density at radius 1 is 1.34 bits per heavy atom. The van der Waals surface area contributed by atoms with Gasteiger partial charge < -0.3 is 4.90 Å². The first-order chi connectivity index (χ1) is 14.0. The quantitative estimate of drug-likeness (QED) is 0.619. The number of aryl methyl sites for hydroxylation is 2. The number of thiazole rings is 1. The second-order valence-corrected chi connectivity index (χ2v) is 8.30. The third-order valence-electron chi connectivity index (χ3n) is 5.46. The van der Waals surface area contributed by atoms with E-state index in [1.807, 2.05) is 17.9 Å². The van der Waals surface area contributed by atoms with Crippen molar-refractivity contribution in [3.05, 3.63) is 51.8 Å². The molecule has 1 saturated heterocycles. The SMILES string of the molecule is CCc1nc2sc(N3CCC[C@@H]3C(=O)CCc3cccc(F)c3)nc2c(=O)n1C. The van der Waals surface area contributed by atoms with Gasteiger partial charge in [-0.25, -0.2) is 14.4 Å². The Morgan fingerprint density at radius 2 is 2.17 bits per heavy atom. The Balaban J connectivity index is 1.55. The zero-order chi connectivity index (χ0) is 20.5. The topological polar surface area (TPSA) is 68.1 Å². The maximum absolute atomic E-state index is 13.4. The van der Waals surface area contributed by atoms with Crippen molar-refractivity contribution in [3.63, 3.8) is 0 Å². The highest BCUT2D eigenvalue weighted by molar-refractivity contribution is 7.21. The minimum atomic E-state index is -0.285. The van der Waals surface area contributed by atoms with Gasteiger partial charge in [-0.2, -0.15) is 0 Å². The molecule has 0 unspecified atom stereocenters. The molecule has 6 nitrogen and oxygen atoms in total. The number of rotatable bonds is 6. The number of ketones is 1. The highest BCUT2D eigenvalue weighted by Crippen LogP contribution is 2.32. The van der Waals surface area contributed by atoms with E-state index in [0.29, 0.717) is 34.7 Å². The molecule has 2 aromatic heterocycles. The lowest BCUT2D eigenvalue weighted by atomic mass is 10.0. The molecule has 29 heavy (non-hydrogen) atoms. The van der Waals surface area contributed by atoms with E-state index < -0.39 is 0 Å². The summed E-state index contributed by atoms with van der Waals surface area (Å²) in [6, 6.07) is 6.12. The van der Waals surface area contributed by atoms with Crippen molar-refractivity contribution in [3.8, 4) is 0 Å². The van der Waals surface area contributed by atoms with Crippen LogP contribution in [0.5, 0.6) is 0 Å². The average molecular weight is 415 g/mol. The van der Waals surface area contributed by atoms with E-state index in [0.717, 1.165) is 30.8 Å². The van der Waals surface area contributed by atoms with E-state index in [1.165, 1.54) is 28.0 Å². The molecule has 3 aromatic rings. The van der Waals surface area contributed by atoms with Crippen LogP contribution in [0.25, 0.3) is 10.3 Å². The molecular formula is C21H23FN4O2S. The van der Waals surface area contributed by atoms with Gasteiger partial charge in [0.15, 0.2) is 21.3 Å². The Kier molecular flexibility index (Phi) is 5.45. The van der Waals surface area contributed by atoms with Crippen molar-refractivity contribution in [2.75, 3.05) is 11.4 Å². The van der Waals surface area contributed by atoms with Gasteiger partial charge in [-0.1, -0.05) is 30.4 Å². The highest BCUT2D eigenvalue weighted by atomic mass is 32.1. The van der Waals surface area contributed by atoms with Crippen molar-refractivity contribution in [2.45, 2.75) is 45.1 Å². The number of carbonyl (C=O) groups excluding carboxylic acids is 1. The predicted octanol–water partition coefficient (Wildman–Crippen LogP) is 3.26. The first-order valence-electron chi connectivity index (χ1n) is 9.88. The lowest BCUT2D eigenvalue weighted by Gasteiger charge is -2.22. The summed E-state index contributed by atoms with van der Waals surface area (Å²) in [6.45, 7) is 2.69. The molecule has 4 rings (SSSR count). The van der Waals surface area contributed by atoms with E-state index >= 15 is 0 Å². The molecule has 1 aliphatic rings.